The Kier molecular flexibility index (Phi) is 5.60. The minimum absolute atomic E-state index is 0.0521. The Morgan fingerprint density at radius 2 is 1.53 bits per heavy atom. The van der Waals surface area contributed by atoms with Gasteiger partial charge in [-0.25, -0.2) is 4.79 Å². The summed E-state index contributed by atoms with van der Waals surface area (Å²) in [6, 6.07) is 31.7. The van der Waals surface area contributed by atoms with Crippen LogP contribution in [-0.4, -0.2) is 16.9 Å². The van der Waals surface area contributed by atoms with E-state index in [4.69, 9.17) is 11.1 Å². The smallest absolute Gasteiger partial charge is 0.335 e. The van der Waals surface area contributed by atoms with Crippen LogP contribution in [0.2, 0.25) is 0 Å². The van der Waals surface area contributed by atoms with Gasteiger partial charge in [-0.05, 0) is 64.6 Å². The van der Waals surface area contributed by atoms with Gasteiger partial charge in [0.25, 0.3) is 0 Å². The molecule has 5 nitrogen and oxygen atoms in total. The standard InChI is InChI=1S/C29H25N3O2/c30-28(31)21-14-15-26-25(16-21)24(18-6-2-1-3-7-18)17-27(32-26)23-9-5-4-8-22(23)19-10-12-20(13-11-19)29(33)34/h1-16,24,27,32H,17H2,(H3,30,31)(H,33,34)/t24-,27+/m1/s1. The molecule has 5 N–H and O–H groups in total. The lowest BCUT2D eigenvalue weighted by Gasteiger charge is -2.35. The molecule has 0 fully saturated rings. The fourth-order valence-electron chi connectivity index (χ4n) is 4.82. The SMILES string of the molecule is N=C(N)c1ccc2c(c1)[C@@H](c1ccccc1)C[C@@H](c1ccccc1-c1ccc(C(=O)O)cc1)N2. The van der Waals surface area contributed by atoms with Crippen molar-refractivity contribution in [3.63, 3.8) is 0 Å². The maximum Gasteiger partial charge on any atom is 0.335 e. The molecule has 1 aliphatic heterocycles. The highest BCUT2D eigenvalue weighted by molar-refractivity contribution is 5.95. The first kappa shape index (κ1) is 21.5. The van der Waals surface area contributed by atoms with E-state index in [9.17, 15) is 9.90 Å². The average molecular weight is 448 g/mol. The van der Waals surface area contributed by atoms with Crippen molar-refractivity contribution >= 4 is 17.5 Å². The Bertz CT molecular complexity index is 1360. The highest BCUT2D eigenvalue weighted by atomic mass is 16.4. The maximum atomic E-state index is 11.3. The molecule has 168 valence electrons. The monoisotopic (exact) mass is 447 g/mol. The first-order chi connectivity index (χ1) is 16.5. The Hall–Kier alpha value is -4.38. The number of amidine groups is 1. The highest BCUT2D eigenvalue weighted by Crippen LogP contribution is 2.45. The normalized spacial score (nSPS) is 16.8. The molecule has 0 aliphatic carbocycles. The molecular weight excluding hydrogens is 422 g/mol. The Morgan fingerprint density at radius 1 is 0.853 bits per heavy atom. The minimum Gasteiger partial charge on any atom is -0.478 e. The molecule has 0 unspecified atom stereocenters. The van der Waals surface area contributed by atoms with Crippen molar-refractivity contribution < 1.29 is 9.90 Å². The number of hydrogen-bond donors (Lipinski definition) is 4. The molecule has 4 aromatic rings. The number of carbonyl (C=O) groups is 1. The van der Waals surface area contributed by atoms with Crippen LogP contribution in [0.25, 0.3) is 11.1 Å². The third-order valence-electron chi connectivity index (χ3n) is 6.52. The predicted molar refractivity (Wildman–Crippen MR) is 136 cm³/mol. The lowest BCUT2D eigenvalue weighted by Crippen LogP contribution is -2.24. The summed E-state index contributed by atoms with van der Waals surface area (Å²) in [7, 11) is 0. The van der Waals surface area contributed by atoms with Crippen molar-refractivity contribution in [2.24, 2.45) is 5.73 Å². The number of hydrogen-bond acceptors (Lipinski definition) is 3. The number of nitrogens with two attached hydrogens (primary N) is 1. The minimum atomic E-state index is -0.930. The summed E-state index contributed by atoms with van der Waals surface area (Å²) in [6.07, 6.45) is 0.836. The highest BCUT2D eigenvalue weighted by Gasteiger charge is 2.30. The molecule has 2 atom stereocenters. The van der Waals surface area contributed by atoms with Gasteiger partial charge < -0.3 is 16.2 Å². The second-order valence-corrected chi connectivity index (χ2v) is 8.58. The zero-order valence-electron chi connectivity index (χ0n) is 18.5. The summed E-state index contributed by atoms with van der Waals surface area (Å²) in [4.78, 5) is 11.3. The van der Waals surface area contributed by atoms with Crippen LogP contribution < -0.4 is 11.1 Å². The number of carboxylic acid groups (broad SMARTS) is 1. The van der Waals surface area contributed by atoms with Gasteiger partial charge in [-0.1, -0.05) is 66.7 Å². The van der Waals surface area contributed by atoms with E-state index in [1.165, 1.54) is 5.56 Å². The van der Waals surface area contributed by atoms with E-state index in [0.717, 1.165) is 39.9 Å². The fraction of sp³-hybridized carbons (Fsp3) is 0.103. The quantitative estimate of drug-likeness (QED) is 0.222. The molecule has 0 bridgehead atoms. The Labute approximate surface area is 198 Å². The molecule has 0 amide bonds. The average Bonchev–Trinajstić information content (AvgIpc) is 2.88. The van der Waals surface area contributed by atoms with Crippen LogP contribution in [0.4, 0.5) is 5.69 Å². The van der Waals surface area contributed by atoms with Gasteiger partial charge in [0.15, 0.2) is 0 Å². The molecule has 4 aromatic carbocycles. The number of nitrogen functional groups attached to an aromatic ring is 1. The largest absolute Gasteiger partial charge is 0.478 e. The summed E-state index contributed by atoms with van der Waals surface area (Å²) in [5.41, 5.74) is 13.4. The zero-order chi connectivity index (χ0) is 23.7. The van der Waals surface area contributed by atoms with Crippen molar-refractivity contribution in [2.45, 2.75) is 18.4 Å². The van der Waals surface area contributed by atoms with E-state index >= 15 is 0 Å². The molecule has 5 rings (SSSR count). The molecule has 0 saturated heterocycles. The van der Waals surface area contributed by atoms with Crippen molar-refractivity contribution in [1.29, 1.82) is 5.41 Å². The lowest BCUT2D eigenvalue weighted by molar-refractivity contribution is 0.0697. The first-order valence-electron chi connectivity index (χ1n) is 11.2. The zero-order valence-corrected chi connectivity index (χ0v) is 18.5. The van der Waals surface area contributed by atoms with E-state index in [1.54, 1.807) is 12.1 Å². The summed E-state index contributed by atoms with van der Waals surface area (Å²) in [5, 5.41) is 20.9. The summed E-state index contributed by atoms with van der Waals surface area (Å²) < 4.78 is 0. The number of anilines is 1. The van der Waals surface area contributed by atoms with Crippen LogP contribution >= 0.6 is 0 Å². The van der Waals surface area contributed by atoms with Crippen molar-refractivity contribution in [3.05, 3.63) is 125 Å². The van der Waals surface area contributed by atoms with Gasteiger partial charge in [0, 0.05) is 17.2 Å². The predicted octanol–water partition coefficient (Wildman–Crippen LogP) is 6.02. The molecule has 1 aliphatic rings. The van der Waals surface area contributed by atoms with E-state index in [1.807, 2.05) is 48.5 Å². The van der Waals surface area contributed by atoms with Crippen LogP contribution in [-0.2, 0) is 0 Å². The number of benzene rings is 4. The van der Waals surface area contributed by atoms with Crippen molar-refractivity contribution in [3.8, 4) is 11.1 Å². The van der Waals surface area contributed by atoms with Gasteiger partial charge >= 0.3 is 5.97 Å². The Morgan fingerprint density at radius 3 is 2.24 bits per heavy atom. The van der Waals surface area contributed by atoms with Crippen molar-refractivity contribution in [2.75, 3.05) is 5.32 Å². The van der Waals surface area contributed by atoms with Crippen LogP contribution in [0.1, 0.15) is 51.0 Å². The van der Waals surface area contributed by atoms with Crippen molar-refractivity contribution in [1.82, 2.24) is 0 Å². The van der Waals surface area contributed by atoms with Crippen LogP contribution in [0.15, 0.2) is 97.1 Å². The molecule has 0 saturated carbocycles. The molecule has 1 heterocycles. The van der Waals surface area contributed by atoms with Gasteiger partial charge in [-0.3, -0.25) is 5.41 Å². The second kappa shape index (κ2) is 8.87. The number of rotatable bonds is 5. The van der Waals surface area contributed by atoms with Gasteiger partial charge in [0.1, 0.15) is 5.84 Å². The summed E-state index contributed by atoms with van der Waals surface area (Å²) in [5.74, 6) is -0.725. The van der Waals surface area contributed by atoms with E-state index in [-0.39, 0.29) is 23.4 Å². The fourth-order valence-corrected chi connectivity index (χ4v) is 4.82. The van der Waals surface area contributed by atoms with E-state index in [2.05, 4.69) is 41.7 Å². The second-order valence-electron chi connectivity index (χ2n) is 8.58. The molecule has 0 aromatic heterocycles. The number of carboxylic acids is 1. The van der Waals surface area contributed by atoms with E-state index in [0.29, 0.717) is 0 Å². The maximum absolute atomic E-state index is 11.3. The topological polar surface area (TPSA) is 99.2 Å². The van der Waals surface area contributed by atoms with Gasteiger partial charge in [0.05, 0.1) is 11.6 Å². The number of nitrogens with one attached hydrogen (secondary N) is 2. The molecule has 34 heavy (non-hydrogen) atoms. The third-order valence-corrected chi connectivity index (χ3v) is 6.52. The number of fused-ring (bicyclic) bond motifs is 1. The number of aromatic carboxylic acids is 1. The van der Waals surface area contributed by atoms with Gasteiger partial charge in [-0.2, -0.15) is 0 Å². The van der Waals surface area contributed by atoms with Gasteiger partial charge in [-0.15, -0.1) is 0 Å². The van der Waals surface area contributed by atoms with Crippen LogP contribution in [0, 0.1) is 5.41 Å². The molecule has 0 spiro atoms. The lowest BCUT2D eigenvalue weighted by atomic mass is 9.78. The Balaban J connectivity index is 1.58. The van der Waals surface area contributed by atoms with Gasteiger partial charge in [0.2, 0.25) is 0 Å². The first-order valence-corrected chi connectivity index (χ1v) is 11.2. The molecular formula is C29H25N3O2. The summed E-state index contributed by atoms with van der Waals surface area (Å²) in [6.45, 7) is 0. The van der Waals surface area contributed by atoms with Crippen LogP contribution in [0.3, 0.4) is 0 Å². The summed E-state index contributed by atoms with van der Waals surface area (Å²) >= 11 is 0. The van der Waals surface area contributed by atoms with Crippen LogP contribution in [0.5, 0.6) is 0 Å². The molecule has 5 heteroatoms. The third kappa shape index (κ3) is 4.04. The van der Waals surface area contributed by atoms with E-state index < -0.39 is 5.97 Å². The molecule has 0 radical (unpaired) electrons.